The first-order valence-corrected chi connectivity index (χ1v) is 10.9. The highest BCUT2D eigenvalue weighted by Crippen LogP contribution is 2.25. The molecule has 4 rings (SSSR count). The summed E-state index contributed by atoms with van der Waals surface area (Å²) in [6.07, 6.45) is 0. The van der Waals surface area contributed by atoms with E-state index in [1.54, 1.807) is 5.38 Å². The number of fused-ring (bicyclic) bond motifs is 1. The SMILES string of the molecule is Cc1ccc(-c2nc(C(=O)OCC(=O)NC(C)c3cccc4ccccc34)cs2)cc1. The number of aryl methyl sites for hydroxylation is 1. The number of nitrogens with zero attached hydrogens (tertiary/aromatic N) is 1. The molecule has 0 saturated carbocycles. The third kappa shape index (κ3) is 4.81. The molecular weight excluding hydrogens is 408 g/mol. The van der Waals surface area contributed by atoms with Crippen LogP contribution in [-0.2, 0) is 9.53 Å². The van der Waals surface area contributed by atoms with E-state index >= 15 is 0 Å². The molecule has 0 radical (unpaired) electrons. The molecule has 0 aliphatic heterocycles. The van der Waals surface area contributed by atoms with E-state index in [9.17, 15) is 9.59 Å². The van der Waals surface area contributed by atoms with Crippen molar-refractivity contribution in [1.82, 2.24) is 10.3 Å². The minimum absolute atomic E-state index is 0.204. The quantitative estimate of drug-likeness (QED) is 0.421. The van der Waals surface area contributed by atoms with Gasteiger partial charge in [0.1, 0.15) is 5.01 Å². The summed E-state index contributed by atoms with van der Waals surface area (Å²) in [6.45, 7) is 3.57. The molecule has 0 spiro atoms. The molecule has 1 unspecified atom stereocenters. The van der Waals surface area contributed by atoms with E-state index in [1.165, 1.54) is 11.3 Å². The van der Waals surface area contributed by atoms with Gasteiger partial charge in [-0.3, -0.25) is 4.79 Å². The number of amides is 1. The van der Waals surface area contributed by atoms with Crippen LogP contribution in [0, 0.1) is 6.92 Å². The van der Waals surface area contributed by atoms with Crippen LogP contribution in [0.5, 0.6) is 0 Å². The molecule has 0 aliphatic carbocycles. The zero-order valence-electron chi connectivity index (χ0n) is 17.3. The average molecular weight is 431 g/mol. The summed E-state index contributed by atoms with van der Waals surface area (Å²) in [4.78, 5) is 29.0. The van der Waals surface area contributed by atoms with Gasteiger partial charge in [0.05, 0.1) is 6.04 Å². The van der Waals surface area contributed by atoms with Crippen LogP contribution >= 0.6 is 11.3 Å². The lowest BCUT2D eigenvalue weighted by molar-refractivity contribution is -0.124. The van der Waals surface area contributed by atoms with Gasteiger partial charge in [-0.2, -0.15) is 0 Å². The molecule has 31 heavy (non-hydrogen) atoms. The van der Waals surface area contributed by atoms with Crippen LogP contribution in [0.4, 0.5) is 0 Å². The van der Waals surface area contributed by atoms with Crippen LogP contribution in [0.2, 0.25) is 0 Å². The summed E-state index contributed by atoms with van der Waals surface area (Å²) in [5, 5.41) is 7.48. The van der Waals surface area contributed by atoms with Crippen LogP contribution in [-0.4, -0.2) is 23.5 Å². The number of hydrogen-bond acceptors (Lipinski definition) is 5. The molecule has 1 atom stereocenters. The van der Waals surface area contributed by atoms with E-state index in [1.807, 2.05) is 80.6 Å². The Morgan fingerprint density at radius 3 is 2.58 bits per heavy atom. The smallest absolute Gasteiger partial charge is 0.358 e. The molecule has 0 fully saturated rings. The summed E-state index contributed by atoms with van der Waals surface area (Å²) in [5.41, 5.74) is 3.32. The highest BCUT2D eigenvalue weighted by atomic mass is 32.1. The minimum atomic E-state index is -0.609. The number of benzene rings is 3. The fourth-order valence-electron chi connectivity index (χ4n) is 3.39. The molecule has 4 aromatic rings. The predicted molar refractivity (Wildman–Crippen MR) is 123 cm³/mol. The van der Waals surface area contributed by atoms with Gasteiger partial charge in [-0.15, -0.1) is 11.3 Å². The summed E-state index contributed by atoms with van der Waals surface area (Å²) in [5.74, 6) is -0.967. The molecule has 0 bridgehead atoms. The fourth-order valence-corrected chi connectivity index (χ4v) is 4.19. The lowest BCUT2D eigenvalue weighted by Gasteiger charge is -2.16. The number of nitrogens with one attached hydrogen (secondary N) is 1. The minimum Gasteiger partial charge on any atom is -0.451 e. The first-order valence-electron chi connectivity index (χ1n) is 9.98. The van der Waals surface area contributed by atoms with Gasteiger partial charge in [0, 0.05) is 10.9 Å². The van der Waals surface area contributed by atoms with Crippen molar-refractivity contribution in [1.29, 1.82) is 0 Å². The molecule has 0 aliphatic rings. The fraction of sp³-hybridized carbons (Fsp3) is 0.160. The van der Waals surface area contributed by atoms with E-state index in [-0.39, 0.29) is 24.2 Å². The van der Waals surface area contributed by atoms with Gasteiger partial charge in [-0.25, -0.2) is 9.78 Å². The lowest BCUT2D eigenvalue weighted by Crippen LogP contribution is -2.31. The second-order valence-corrected chi connectivity index (χ2v) is 8.20. The Balaban J connectivity index is 1.35. The molecule has 0 saturated heterocycles. The van der Waals surface area contributed by atoms with Gasteiger partial charge in [-0.1, -0.05) is 72.3 Å². The Morgan fingerprint density at radius 1 is 1.03 bits per heavy atom. The van der Waals surface area contributed by atoms with Crippen molar-refractivity contribution in [3.63, 3.8) is 0 Å². The van der Waals surface area contributed by atoms with Gasteiger partial charge in [0.15, 0.2) is 12.3 Å². The van der Waals surface area contributed by atoms with E-state index in [0.717, 1.165) is 32.5 Å². The van der Waals surface area contributed by atoms with Crippen molar-refractivity contribution in [2.24, 2.45) is 0 Å². The van der Waals surface area contributed by atoms with Gasteiger partial charge >= 0.3 is 5.97 Å². The Kier molecular flexibility index (Phi) is 6.09. The average Bonchev–Trinajstić information content (AvgIpc) is 3.28. The number of carbonyl (C=O) groups is 2. The molecule has 1 heterocycles. The number of thiazole rings is 1. The van der Waals surface area contributed by atoms with Crippen molar-refractivity contribution < 1.29 is 14.3 Å². The molecule has 1 aromatic heterocycles. The number of esters is 1. The molecule has 156 valence electrons. The monoisotopic (exact) mass is 430 g/mol. The van der Waals surface area contributed by atoms with Crippen LogP contribution in [0.15, 0.2) is 72.1 Å². The number of rotatable bonds is 6. The summed E-state index contributed by atoms with van der Waals surface area (Å²) in [7, 11) is 0. The number of aromatic nitrogens is 1. The second kappa shape index (κ2) is 9.10. The molecular formula is C25H22N2O3S. The van der Waals surface area contributed by atoms with Crippen molar-refractivity contribution in [3.05, 3.63) is 88.9 Å². The Bertz CT molecular complexity index is 1230. The first-order chi connectivity index (χ1) is 15.0. The van der Waals surface area contributed by atoms with E-state index < -0.39 is 5.97 Å². The van der Waals surface area contributed by atoms with Gasteiger partial charge < -0.3 is 10.1 Å². The number of carbonyl (C=O) groups excluding carboxylic acids is 2. The third-order valence-corrected chi connectivity index (χ3v) is 5.90. The van der Waals surface area contributed by atoms with Crippen molar-refractivity contribution in [3.8, 4) is 10.6 Å². The van der Waals surface area contributed by atoms with Crippen molar-refractivity contribution in [2.45, 2.75) is 19.9 Å². The Labute approximate surface area is 184 Å². The van der Waals surface area contributed by atoms with Gasteiger partial charge in [0.25, 0.3) is 5.91 Å². The van der Waals surface area contributed by atoms with Gasteiger partial charge in [-0.05, 0) is 30.2 Å². The molecule has 3 aromatic carbocycles. The zero-order chi connectivity index (χ0) is 21.8. The zero-order valence-corrected chi connectivity index (χ0v) is 18.1. The van der Waals surface area contributed by atoms with Gasteiger partial charge in [0.2, 0.25) is 0 Å². The topological polar surface area (TPSA) is 68.3 Å². The van der Waals surface area contributed by atoms with E-state index in [2.05, 4.69) is 10.3 Å². The second-order valence-electron chi connectivity index (χ2n) is 7.34. The van der Waals surface area contributed by atoms with Crippen LogP contribution in [0.3, 0.4) is 0 Å². The standard InChI is InChI=1S/C25H22N2O3S/c1-16-10-12-19(13-11-16)24-27-22(15-31-24)25(29)30-14-23(28)26-17(2)20-9-5-7-18-6-3-4-8-21(18)20/h3-13,15,17H,14H2,1-2H3,(H,26,28). The van der Waals surface area contributed by atoms with Crippen molar-refractivity contribution >= 4 is 34.0 Å². The lowest BCUT2D eigenvalue weighted by atomic mass is 10.00. The number of hydrogen-bond donors (Lipinski definition) is 1. The summed E-state index contributed by atoms with van der Waals surface area (Å²) >= 11 is 1.37. The van der Waals surface area contributed by atoms with Crippen LogP contribution in [0.1, 0.15) is 34.6 Å². The number of ether oxygens (including phenoxy) is 1. The highest BCUT2D eigenvalue weighted by molar-refractivity contribution is 7.13. The Morgan fingerprint density at radius 2 is 1.77 bits per heavy atom. The highest BCUT2D eigenvalue weighted by Gasteiger charge is 2.17. The maximum atomic E-state index is 12.4. The third-order valence-electron chi connectivity index (χ3n) is 5.01. The molecule has 6 heteroatoms. The molecule has 1 N–H and O–H groups in total. The van der Waals surface area contributed by atoms with E-state index in [4.69, 9.17) is 4.74 Å². The predicted octanol–water partition coefficient (Wildman–Crippen LogP) is 5.31. The van der Waals surface area contributed by atoms with Crippen molar-refractivity contribution in [2.75, 3.05) is 6.61 Å². The van der Waals surface area contributed by atoms with Crippen LogP contribution < -0.4 is 5.32 Å². The molecule has 5 nitrogen and oxygen atoms in total. The Hall–Kier alpha value is -3.51. The van der Waals surface area contributed by atoms with Crippen LogP contribution in [0.25, 0.3) is 21.3 Å². The molecule has 1 amide bonds. The van der Waals surface area contributed by atoms with E-state index in [0.29, 0.717) is 0 Å². The summed E-state index contributed by atoms with van der Waals surface area (Å²) < 4.78 is 5.18. The maximum absolute atomic E-state index is 12.4. The largest absolute Gasteiger partial charge is 0.451 e. The normalized spacial score (nSPS) is 11.8. The maximum Gasteiger partial charge on any atom is 0.358 e. The first kappa shape index (κ1) is 20.8. The summed E-state index contributed by atoms with van der Waals surface area (Å²) in [6, 6.07) is 21.7.